The second-order valence-corrected chi connectivity index (χ2v) is 8.34. The third-order valence-corrected chi connectivity index (χ3v) is 6.31. The summed E-state index contributed by atoms with van der Waals surface area (Å²) in [5.41, 5.74) is 0.722. The molecule has 134 valence electrons. The molecule has 1 aromatic carbocycles. The number of hydrogen-bond acceptors (Lipinski definition) is 3. The summed E-state index contributed by atoms with van der Waals surface area (Å²) in [6.07, 6.45) is 8.06. The molecule has 4 fully saturated rings. The van der Waals surface area contributed by atoms with Gasteiger partial charge in [-0.05, 0) is 80.5 Å². The Hall–Kier alpha value is -1.84. The molecule has 4 bridgehead atoms. The van der Waals surface area contributed by atoms with Gasteiger partial charge in [0.1, 0.15) is 5.75 Å². The molecule has 0 spiro atoms. The summed E-state index contributed by atoms with van der Waals surface area (Å²) in [5, 5.41) is 3.32. The largest absolute Gasteiger partial charge is 0.484 e. The first kappa shape index (κ1) is 16.6. The van der Waals surface area contributed by atoms with Crippen molar-refractivity contribution in [3.8, 4) is 5.75 Å². The molecule has 4 aliphatic rings. The third-order valence-electron chi connectivity index (χ3n) is 6.31. The molecule has 0 aromatic heterocycles. The van der Waals surface area contributed by atoms with E-state index in [9.17, 15) is 9.59 Å². The quantitative estimate of drug-likeness (QED) is 0.802. The molecule has 1 amide bonds. The average molecular weight is 341 g/mol. The van der Waals surface area contributed by atoms with Gasteiger partial charge in [-0.1, -0.05) is 6.92 Å². The molecular weight excluding hydrogens is 314 g/mol. The summed E-state index contributed by atoms with van der Waals surface area (Å²) in [6.45, 7) is 1.89. The second kappa shape index (κ2) is 6.47. The number of ether oxygens (including phenoxy) is 1. The number of nitrogens with one attached hydrogen (secondary N) is 1. The maximum atomic E-state index is 12.4. The molecule has 0 aliphatic heterocycles. The third kappa shape index (κ3) is 3.44. The van der Waals surface area contributed by atoms with Crippen molar-refractivity contribution >= 4 is 11.7 Å². The predicted molar refractivity (Wildman–Crippen MR) is 95.6 cm³/mol. The lowest BCUT2D eigenvalue weighted by Gasteiger charge is -2.56. The number of ketones is 1. The van der Waals surface area contributed by atoms with E-state index in [2.05, 4.69) is 5.32 Å². The van der Waals surface area contributed by atoms with E-state index in [1.165, 1.54) is 19.3 Å². The molecule has 4 nitrogen and oxygen atoms in total. The first-order chi connectivity index (χ1) is 12.0. The lowest BCUT2D eigenvalue weighted by atomic mass is 9.53. The van der Waals surface area contributed by atoms with E-state index < -0.39 is 0 Å². The number of carbonyl (C=O) groups excluding carboxylic acids is 2. The number of Topliss-reactive ketones (excluding diaryl/α,β-unsaturated/α-hetero) is 1. The fourth-order valence-corrected chi connectivity index (χ4v) is 5.69. The highest BCUT2D eigenvalue weighted by Crippen LogP contribution is 2.55. The minimum absolute atomic E-state index is 0.0179. The first-order valence-electron chi connectivity index (χ1n) is 9.62. The maximum Gasteiger partial charge on any atom is 0.258 e. The van der Waals surface area contributed by atoms with Gasteiger partial charge in [-0.25, -0.2) is 0 Å². The Morgan fingerprint density at radius 3 is 2.12 bits per heavy atom. The monoisotopic (exact) mass is 341 g/mol. The van der Waals surface area contributed by atoms with Crippen LogP contribution in [0.25, 0.3) is 0 Å². The first-order valence-corrected chi connectivity index (χ1v) is 9.62. The van der Waals surface area contributed by atoms with Crippen molar-refractivity contribution in [1.29, 1.82) is 0 Å². The van der Waals surface area contributed by atoms with Gasteiger partial charge in [-0.2, -0.15) is 0 Å². The summed E-state index contributed by atoms with van der Waals surface area (Å²) in [5.74, 6) is 3.18. The Bertz CT molecular complexity index is 629. The van der Waals surface area contributed by atoms with Gasteiger partial charge in [0.2, 0.25) is 0 Å². The van der Waals surface area contributed by atoms with Crippen LogP contribution in [0.15, 0.2) is 24.3 Å². The molecule has 1 N–H and O–H groups in total. The SMILES string of the molecule is CCC(=O)c1ccc(OCC(=O)NC23CC4CC(CC(C4)C2)C3)cc1. The van der Waals surface area contributed by atoms with Crippen molar-refractivity contribution in [3.63, 3.8) is 0 Å². The van der Waals surface area contributed by atoms with E-state index in [-0.39, 0.29) is 23.8 Å². The van der Waals surface area contributed by atoms with Crippen LogP contribution in [0.4, 0.5) is 0 Å². The van der Waals surface area contributed by atoms with Crippen LogP contribution in [0.1, 0.15) is 62.2 Å². The molecule has 4 aliphatic carbocycles. The Kier molecular flexibility index (Phi) is 4.30. The van der Waals surface area contributed by atoms with Gasteiger partial charge in [-0.3, -0.25) is 9.59 Å². The van der Waals surface area contributed by atoms with Crippen molar-refractivity contribution in [3.05, 3.63) is 29.8 Å². The van der Waals surface area contributed by atoms with Crippen molar-refractivity contribution < 1.29 is 14.3 Å². The smallest absolute Gasteiger partial charge is 0.258 e. The molecule has 4 saturated carbocycles. The highest BCUT2D eigenvalue weighted by Gasteiger charge is 2.51. The van der Waals surface area contributed by atoms with E-state index >= 15 is 0 Å². The molecule has 0 radical (unpaired) electrons. The lowest BCUT2D eigenvalue weighted by Crippen LogP contribution is -2.60. The molecule has 25 heavy (non-hydrogen) atoms. The average Bonchev–Trinajstić information content (AvgIpc) is 2.58. The van der Waals surface area contributed by atoms with Crippen molar-refractivity contribution in [2.24, 2.45) is 17.8 Å². The molecule has 0 saturated heterocycles. The van der Waals surface area contributed by atoms with Crippen LogP contribution < -0.4 is 10.1 Å². The van der Waals surface area contributed by atoms with Crippen molar-refractivity contribution in [2.75, 3.05) is 6.61 Å². The maximum absolute atomic E-state index is 12.4. The van der Waals surface area contributed by atoms with Crippen LogP contribution >= 0.6 is 0 Å². The van der Waals surface area contributed by atoms with Gasteiger partial charge < -0.3 is 10.1 Å². The van der Waals surface area contributed by atoms with Crippen molar-refractivity contribution in [1.82, 2.24) is 5.32 Å². The zero-order valence-corrected chi connectivity index (χ0v) is 14.9. The summed E-state index contributed by atoms with van der Waals surface area (Å²) >= 11 is 0. The molecule has 1 aromatic rings. The Labute approximate surface area is 149 Å². The van der Waals surface area contributed by atoms with Gasteiger partial charge in [0.15, 0.2) is 12.4 Å². The Morgan fingerprint density at radius 1 is 1.04 bits per heavy atom. The van der Waals surface area contributed by atoms with E-state index in [0.717, 1.165) is 37.0 Å². The van der Waals surface area contributed by atoms with E-state index in [1.54, 1.807) is 24.3 Å². The number of rotatable bonds is 6. The number of carbonyl (C=O) groups is 2. The van der Waals surface area contributed by atoms with Crippen LogP contribution in [-0.2, 0) is 4.79 Å². The van der Waals surface area contributed by atoms with Crippen LogP contribution in [0.3, 0.4) is 0 Å². The summed E-state index contributed by atoms with van der Waals surface area (Å²) in [7, 11) is 0. The van der Waals surface area contributed by atoms with Gasteiger partial charge in [0.25, 0.3) is 5.91 Å². The standard InChI is InChI=1S/C21H27NO3/c1-2-19(23)17-3-5-18(6-4-17)25-13-20(24)22-21-10-14-7-15(11-21)9-16(8-14)12-21/h3-6,14-16H,2,7-13H2,1H3,(H,22,24). The normalized spacial score (nSPS) is 32.4. The number of hydrogen-bond donors (Lipinski definition) is 1. The van der Waals surface area contributed by atoms with Crippen molar-refractivity contribution in [2.45, 2.75) is 57.4 Å². The molecular formula is C21H27NO3. The van der Waals surface area contributed by atoms with Crippen LogP contribution in [-0.4, -0.2) is 23.8 Å². The van der Waals surface area contributed by atoms with Crippen LogP contribution in [0.5, 0.6) is 5.75 Å². The lowest BCUT2D eigenvalue weighted by molar-refractivity contribution is -0.128. The summed E-state index contributed by atoms with van der Waals surface area (Å²) in [6, 6.07) is 7.05. The topological polar surface area (TPSA) is 55.4 Å². The zero-order valence-electron chi connectivity index (χ0n) is 14.9. The van der Waals surface area contributed by atoms with Gasteiger partial charge >= 0.3 is 0 Å². The highest BCUT2D eigenvalue weighted by atomic mass is 16.5. The van der Waals surface area contributed by atoms with Gasteiger partial charge in [0, 0.05) is 17.5 Å². The van der Waals surface area contributed by atoms with Crippen LogP contribution in [0, 0.1) is 17.8 Å². The zero-order chi connectivity index (χ0) is 17.4. The molecule has 4 heteroatoms. The Balaban J connectivity index is 1.31. The summed E-state index contributed by atoms with van der Waals surface area (Å²) in [4.78, 5) is 24.1. The number of amides is 1. The predicted octanol–water partition coefficient (Wildman–Crippen LogP) is 3.74. The minimum Gasteiger partial charge on any atom is -0.484 e. The van der Waals surface area contributed by atoms with E-state index in [4.69, 9.17) is 4.74 Å². The van der Waals surface area contributed by atoms with Crippen LogP contribution in [0.2, 0.25) is 0 Å². The minimum atomic E-state index is -0.0179. The second-order valence-electron chi connectivity index (χ2n) is 8.34. The summed E-state index contributed by atoms with van der Waals surface area (Å²) < 4.78 is 5.63. The molecule has 0 atom stereocenters. The fourth-order valence-electron chi connectivity index (χ4n) is 5.69. The Morgan fingerprint density at radius 2 is 1.60 bits per heavy atom. The fraction of sp³-hybridized carbons (Fsp3) is 0.619. The highest BCUT2D eigenvalue weighted by molar-refractivity contribution is 5.95. The van der Waals surface area contributed by atoms with Gasteiger partial charge in [-0.15, -0.1) is 0 Å². The van der Waals surface area contributed by atoms with E-state index in [0.29, 0.717) is 17.7 Å². The molecule has 0 unspecified atom stereocenters. The molecule has 0 heterocycles. The molecule has 5 rings (SSSR count). The van der Waals surface area contributed by atoms with Gasteiger partial charge in [0.05, 0.1) is 0 Å². The number of benzene rings is 1. The van der Waals surface area contributed by atoms with E-state index in [1.807, 2.05) is 6.92 Å².